The van der Waals surface area contributed by atoms with Gasteiger partial charge >= 0.3 is 0 Å². The Labute approximate surface area is 193 Å². The van der Waals surface area contributed by atoms with E-state index in [0.717, 1.165) is 44.7 Å². The predicted molar refractivity (Wildman–Crippen MR) is 136 cm³/mol. The van der Waals surface area contributed by atoms with E-state index in [0.29, 0.717) is 0 Å². The van der Waals surface area contributed by atoms with Gasteiger partial charge in [-0.15, -0.1) is 6.42 Å². The fourth-order valence-corrected chi connectivity index (χ4v) is 3.62. The lowest BCUT2D eigenvalue weighted by Gasteiger charge is -2.15. The molecule has 1 aliphatic heterocycles. The first-order valence-electron chi connectivity index (χ1n) is 11.2. The van der Waals surface area contributed by atoms with Crippen LogP contribution in [0.2, 0.25) is 0 Å². The van der Waals surface area contributed by atoms with Crippen molar-refractivity contribution >= 4 is 5.57 Å². The van der Waals surface area contributed by atoms with Gasteiger partial charge in [-0.1, -0.05) is 72.7 Å². The maximum atomic E-state index is 9.64. The first kappa shape index (κ1) is 25.2. The van der Waals surface area contributed by atoms with Crippen LogP contribution in [0.3, 0.4) is 0 Å². The third-order valence-electron chi connectivity index (χ3n) is 5.30. The third-order valence-corrected chi connectivity index (χ3v) is 5.30. The largest absolute Gasteiger partial charge is 0.497 e. The summed E-state index contributed by atoms with van der Waals surface area (Å²) in [5.41, 5.74) is 3.87. The summed E-state index contributed by atoms with van der Waals surface area (Å²) in [5, 5.41) is 9.64. The number of allylic oxidation sites excluding steroid dienone is 10. The molecule has 0 spiro atoms. The number of likely N-dealkylation sites (tertiary alicyclic amines) is 1. The van der Waals surface area contributed by atoms with Gasteiger partial charge in [0.25, 0.3) is 0 Å². The van der Waals surface area contributed by atoms with Crippen LogP contribution in [-0.4, -0.2) is 42.9 Å². The van der Waals surface area contributed by atoms with Crippen LogP contribution >= 0.6 is 0 Å². The average Bonchev–Trinajstić information content (AvgIpc) is 3.06. The zero-order chi connectivity index (χ0) is 23.0. The monoisotopic (exact) mass is 429 g/mol. The van der Waals surface area contributed by atoms with Gasteiger partial charge in [-0.3, -0.25) is 0 Å². The molecule has 3 rings (SSSR count). The second-order valence-corrected chi connectivity index (χ2v) is 7.59. The molecule has 3 nitrogen and oxygen atoms in total. The Morgan fingerprint density at radius 1 is 1.28 bits per heavy atom. The Morgan fingerprint density at radius 2 is 2.09 bits per heavy atom. The van der Waals surface area contributed by atoms with Crippen molar-refractivity contribution in [3.63, 3.8) is 0 Å². The summed E-state index contributed by atoms with van der Waals surface area (Å²) in [6.07, 6.45) is 26.1. The van der Waals surface area contributed by atoms with Crippen LogP contribution in [0.5, 0.6) is 0 Å². The van der Waals surface area contributed by atoms with E-state index in [1.807, 2.05) is 13.0 Å². The Morgan fingerprint density at radius 3 is 2.75 bits per heavy atom. The number of aliphatic hydroxyl groups excluding tert-OH is 1. The zero-order valence-corrected chi connectivity index (χ0v) is 19.3. The number of hydrogen-bond donors (Lipinski definition) is 1. The minimum absolute atomic E-state index is 0.133. The standard InChI is InChI=1S/C21H25NO.C8H10O/c23-20-14-16-22(17-20)15-8-13-21(19-11-6-3-7-12-19)18-9-4-1-2-5-10-18;1-4-6-7-8(5-2)9-3/h1-4,6-7,9-13,20,23H,5,8,14-17H2;1,5-7H,2-3H3/b21-13+;7-6-,8-5+/t20-;/m0./s1. The van der Waals surface area contributed by atoms with E-state index in [1.165, 1.54) is 16.7 Å². The van der Waals surface area contributed by atoms with E-state index in [-0.39, 0.29) is 6.10 Å². The third kappa shape index (κ3) is 8.98. The molecule has 0 amide bonds. The van der Waals surface area contributed by atoms with Gasteiger partial charge in [0.1, 0.15) is 5.76 Å². The summed E-state index contributed by atoms with van der Waals surface area (Å²) in [6.45, 7) is 4.74. The van der Waals surface area contributed by atoms with Gasteiger partial charge in [-0.05, 0) is 61.1 Å². The Kier molecular flexibility index (Phi) is 11.7. The van der Waals surface area contributed by atoms with Crippen LogP contribution in [0, 0.1) is 12.3 Å². The number of terminal acetylenes is 1. The van der Waals surface area contributed by atoms with Crippen molar-refractivity contribution in [1.82, 2.24) is 4.90 Å². The summed E-state index contributed by atoms with van der Waals surface area (Å²) in [7, 11) is 1.61. The normalized spacial score (nSPS) is 19.2. The van der Waals surface area contributed by atoms with E-state index in [1.54, 1.807) is 19.3 Å². The van der Waals surface area contributed by atoms with E-state index in [9.17, 15) is 5.11 Å². The number of methoxy groups -OCH3 is 1. The van der Waals surface area contributed by atoms with Crippen molar-refractivity contribution in [2.45, 2.75) is 32.3 Å². The number of rotatable bonds is 7. The second-order valence-electron chi connectivity index (χ2n) is 7.59. The highest BCUT2D eigenvalue weighted by Crippen LogP contribution is 2.26. The van der Waals surface area contributed by atoms with Crippen molar-refractivity contribution in [3.05, 3.63) is 102 Å². The second kappa shape index (κ2) is 14.9. The van der Waals surface area contributed by atoms with Gasteiger partial charge in [0.05, 0.1) is 13.2 Å². The van der Waals surface area contributed by atoms with Gasteiger partial charge in [-0.2, -0.15) is 0 Å². The first-order chi connectivity index (χ1) is 15.7. The molecule has 168 valence electrons. The molecule has 2 aliphatic rings. The van der Waals surface area contributed by atoms with Crippen molar-refractivity contribution in [3.8, 4) is 12.3 Å². The number of hydrogen-bond acceptors (Lipinski definition) is 3. The van der Waals surface area contributed by atoms with Crippen LogP contribution in [0.4, 0.5) is 0 Å². The minimum Gasteiger partial charge on any atom is -0.497 e. The van der Waals surface area contributed by atoms with E-state index < -0.39 is 0 Å². The molecule has 1 aromatic carbocycles. The van der Waals surface area contributed by atoms with E-state index in [2.05, 4.69) is 77.6 Å². The molecule has 0 unspecified atom stereocenters. The number of ether oxygens (including phenoxy) is 1. The highest BCUT2D eigenvalue weighted by atomic mass is 16.5. The lowest BCUT2D eigenvalue weighted by atomic mass is 9.96. The molecular weight excluding hydrogens is 394 g/mol. The fraction of sp³-hybridized carbons (Fsp3) is 0.310. The quantitative estimate of drug-likeness (QED) is 0.343. The highest BCUT2D eigenvalue weighted by molar-refractivity contribution is 5.82. The highest BCUT2D eigenvalue weighted by Gasteiger charge is 2.19. The molecule has 1 aliphatic carbocycles. The molecule has 32 heavy (non-hydrogen) atoms. The lowest BCUT2D eigenvalue weighted by molar-refractivity contribution is 0.177. The van der Waals surface area contributed by atoms with Gasteiger partial charge in [0, 0.05) is 19.6 Å². The summed E-state index contributed by atoms with van der Waals surface area (Å²) in [4.78, 5) is 2.35. The van der Waals surface area contributed by atoms with E-state index >= 15 is 0 Å². The number of β-amino-alcohol motifs (C(OH)–C–C–N with tert-alkyl or cyclic N) is 1. The molecule has 1 saturated heterocycles. The van der Waals surface area contributed by atoms with Crippen molar-refractivity contribution < 1.29 is 9.84 Å². The van der Waals surface area contributed by atoms with Crippen molar-refractivity contribution in [2.75, 3.05) is 26.7 Å². The van der Waals surface area contributed by atoms with Crippen LogP contribution < -0.4 is 0 Å². The summed E-state index contributed by atoms with van der Waals surface area (Å²) in [5.74, 6) is 3.15. The maximum absolute atomic E-state index is 9.64. The molecule has 0 aromatic heterocycles. The van der Waals surface area contributed by atoms with Crippen molar-refractivity contribution in [1.29, 1.82) is 0 Å². The van der Waals surface area contributed by atoms with Crippen LogP contribution in [0.1, 0.15) is 31.7 Å². The minimum atomic E-state index is -0.133. The number of nitrogens with zero attached hydrogens (tertiary/aromatic N) is 1. The van der Waals surface area contributed by atoms with Gasteiger partial charge in [-0.25, -0.2) is 0 Å². The van der Waals surface area contributed by atoms with Crippen LogP contribution in [-0.2, 0) is 4.74 Å². The molecule has 0 radical (unpaired) electrons. The van der Waals surface area contributed by atoms with Crippen molar-refractivity contribution in [2.24, 2.45) is 0 Å². The molecule has 0 saturated carbocycles. The van der Waals surface area contributed by atoms with Crippen LogP contribution in [0.15, 0.2) is 96.3 Å². The smallest absolute Gasteiger partial charge is 0.115 e. The zero-order valence-electron chi connectivity index (χ0n) is 19.3. The summed E-state index contributed by atoms with van der Waals surface area (Å²) >= 11 is 0. The summed E-state index contributed by atoms with van der Waals surface area (Å²) in [6, 6.07) is 10.6. The summed E-state index contributed by atoms with van der Waals surface area (Å²) < 4.78 is 4.88. The van der Waals surface area contributed by atoms with Gasteiger partial charge in [0.15, 0.2) is 0 Å². The van der Waals surface area contributed by atoms with Gasteiger partial charge in [0.2, 0.25) is 0 Å². The van der Waals surface area contributed by atoms with Gasteiger partial charge < -0.3 is 14.7 Å². The SMILES string of the molecule is C#C/C=C\C(=C/C)OC.O[C@H]1CCN(CC/C=C(\C2=CCC=CC=C2)c2ccccc2)C1. The molecule has 1 heterocycles. The molecule has 1 N–H and O–H groups in total. The molecule has 1 fully saturated rings. The molecular formula is C29H35NO2. The maximum Gasteiger partial charge on any atom is 0.115 e. The molecule has 0 bridgehead atoms. The number of aliphatic hydroxyl groups is 1. The fourth-order valence-electron chi connectivity index (χ4n) is 3.62. The van der Waals surface area contributed by atoms with Crippen LogP contribution in [0.25, 0.3) is 5.57 Å². The average molecular weight is 430 g/mol. The Balaban J connectivity index is 0.000000344. The Bertz CT molecular complexity index is 910. The van der Waals surface area contributed by atoms with E-state index in [4.69, 9.17) is 11.2 Å². The number of benzene rings is 1. The molecule has 1 atom stereocenters. The predicted octanol–water partition coefficient (Wildman–Crippen LogP) is 5.70. The molecule has 1 aromatic rings. The topological polar surface area (TPSA) is 32.7 Å². The first-order valence-corrected chi connectivity index (χ1v) is 11.2. The molecule has 3 heteroatoms. The Hall–Kier alpha value is -3.06. The lowest BCUT2D eigenvalue weighted by Crippen LogP contribution is -2.22.